The molecular formula is C6H3F2IN2O3. The van der Waals surface area contributed by atoms with Gasteiger partial charge in [0.05, 0.1) is 10.5 Å². The first-order chi connectivity index (χ1) is 6.43. The second kappa shape index (κ2) is 3.98. The lowest BCUT2D eigenvalue weighted by atomic mass is 10.3. The van der Waals surface area contributed by atoms with Gasteiger partial charge >= 0.3 is 0 Å². The molecule has 76 valence electrons. The van der Waals surface area contributed by atoms with Gasteiger partial charge in [0.25, 0.3) is 17.7 Å². The summed E-state index contributed by atoms with van der Waals surface area (Å²) in [5, 5.41) is 10.3. The van der Waals surface area contributed by atoms with Crippen LogP contribution >= 0.6 is 22.6 Å². The molecule has 0 atom stereocenters. The van der Waals surface area contributed by atoms with Crippen LogP contribution in [0.15, 0.2) is 10.9 Å². The molecule has 0 saturated heterocycles. The summed E-state index contributed by atoms with van der Waals surface area (Å²) >= 11 is 1.50. The predicted molar refractivity (Wildman–Crippen MR) is 51.4 cm³/mol. The average Bonchev–Trinajstić information content (AvgIpc) is 2.02. The third kappa shape index (κ3) is 2.05. The number of halogens is 3. The maximum Gasteiger partial charge on any atom is 0.299 e. The van der Waals surface area contributed by atoms with Gasteiger partial charge in [-0.3, -0.25) is 14.9 Å². The van der Waals surface area contributed by atoms with Crippen molar-refractivity contribution < 1.29 is 13.7 Å². The lowest BCUT2D eigenvalue weighted by molar-refractivity contribution is -0.386. The zero-order valence-corrected chi connectivity index (χ0v) is 8.62. The normalized spacial score (nSPS) is 10.6. The van der Waals surface area contributed by atoms with Crippen molar-refractivity contribution in [2.75, 3.05) is 0 Å². The number of rotatable bonds is 2. The summed E-state index contributed by atoms with van der Waals surface area (Å²) in [6.07, 6.45) is -3.02. The molecule has 1 heterocycles. The molecule has 0 unspecified atom stereocenters. The van der Waals surface area contributed by atoms with Crippen LogP contribution in [0.4, 0.5) is 14.5 Å². The molecule has 0 amide bonds. The largest absolute Gasteiger partial charge is 0.311 e. The molecule has 5 nitrogen and oxygen atoms in total. The van der Waals surface area contributed by atoms with E-state index in [1.54, 1.807) is 0 Å². The molecule has 0 radical (unpaired) electrons. The Balaban J connectivity index is 3.42. The maximum absolute atomic E-state index is 12.2. The van der Waals surface area contributed by atoms with Crippen molar-refractivity contribution in [2.45, 2.75) is 6.43 Å². The molecular weight excluding hydrogens is 313 g/mol. The van der Waals surface area contributed by atoms with Crippen LogP contribution in [0.2, 0.25) is 0 Å². The summed E-state index contributed by atoms with van der Waals surface area (Å²) < 4.78 is 24.2. The van der Waals surface area contributed by atoms with E-state index in [2.05, 4.69) is 0 Å². The van der Waals surface area contributed by atoms with Crippen molar-refractivity contribution in [3.05, 3.63) is 35.8 Å². The predicted octanol–water partition coefficient (Wildman–Crippen LogP) is 1.83. The van der Waals surface area contributed by atoms with E-state index >= 15 is 0 Å². The van der Waals surface area contributed by atoms with E-state index in [0.717, 1.165) is 0 Å². The molecule has 1 N–H and O–H groups in total. The Kier molecular flexibility index (Phi) is 3.13. The highest BCUT2D eigenvalue weighted by Gasteiger charge is 2.20. The summed E-state index contributed by atoms with van der Waals surface area (Å²) in [5.74, 6) is 0. The number of hydrogen-bond acceptors (Lipinski definition) is 3. The fraction of sp³-hybridized carbons (Fsp3) is 0.167. The third-order valence-corrected chi connectivity index (χ3v) is 2.26. The van der Waals surface area contributed by atoms with Gasteiger partial charge in [-0.05, 0) is 22.6 Å². The van der Waals surface area contributed by atoms with E-state index in [4.69, 9.17) is 0 Å². The van der Waals surface area contributed by atoms with Crippen molar-refractivity contribution in [3.8, 4) is 0 Å². The highest BCUT2D eigenvalue weighted by atomic mass is 127. The summed E-state index contributed by atoms with van der Waals surface area (Å²) in [4.78, 5) is 22.4. The van der Waals surface area contributed by atoms with Crippen molar-refractivity contribution in [1.82, 2.24) is 4.98 Å². The standard InChI is InChI=1S/C6H3F2IN2O3/c7-4(8)2-1-3(11(13)14)5(9)10-6(2)12/h1,4H,(H,10,12). The molecule has 1 aromatic rings. The number of H-pyrrole nitrogens is 1. The molecule has 14 heavy (non-hydrogen) atoms. The molecule has 1 aromatic heterocycles. The smallest absolute Gasteiger partial charge is 0.299 e. The highest BCUT2D eigenvalue weighted by Crippen LogP contribution is 2.22. The zero-order chi connectivity index (χ0) is 10.9. The minimum absolute atomic E-state index is 0.0676. The van der Waals surface area contributed by atoms with Gasteiger partial charge in [-0.25, -0.2) is 8.78 Å². The number of aromatic amines is 1. The van der Waals surface area contributed by atoms with Crippen molar-refractivity contribution in [1.29, 1.82) is 0 Å². The summed E-state index contributed by atoms with van der Waals surface area (Å²) in [6, 6.07) is 0.589. The molecule has 0 fully saturated rings. The number of nitrogens with one attached hydrogen (secondary N) is 1. The number of nitro groups is 1. The van der Waals surface area contributed by atoms with Crippen molar-refractivity contribution >= 4 is 28.3 Å². The molecule has 0 saturated carbocycles. The molecule has 1 rings (SSSR count). The van der Waals surface area contributed by atoms with E-state index in [1.165, 1.54) is 22.6 Å². The number of alkyl halides is 2. The first kappa shape index (κ1) is 11.0. The van der Waals surface area contributed by atoms with Crippen LogP contribution in [0, 0.1) is 13.8 Å². The first-order valence-corrected chi connectivity index (χ1v) is 4.36. The molecule has 0 aliphatic carbocycles. The van der Waals surface area contributed by atoms with Crippen LogP contribution < -0.4 is 5.56 Å². The summed E-state index contributed by atoms with van der Waals surface area (Å²) in [5.41, 5.74) is -2.42. The van der Waals surface area contributed by atoms with Crippen LogP contribution in [0.25, 0.3) is 0 Å². The van der Waals surface area contributed by atoms with Crippen LogP contribution in [0.1, 0.15) is 12.0 Å². The van der Waals surface area contributed by atoms with E-state index in [-0.39, 0.29) is 3.70 Å². The fourth-order valence-corrected chi connectivity index (χ4v) is 1.40. The lowest BCUT2D eigenvalue weighted by Gasteiger charge is -1.99. The number of aromatic nitrogens is 1. The van der Waals surface area contributed by atoms with Crippen LogP contribution in [-0.4, -0.2) is 9.91 Å². The van der Waals surface area contributed by atoms with E-state index < -0.39 is 28.2 Å². The molecule has 8 heteroatoms. The number of hydrogen-bond donors (Lipinski definition) is 1. The third-order valence-electron chi connectivity index (χ3n) is 1.43. The lowest BCUT2D eigenvalue weighted by Crippen LogP contribution is -2.15. The molecule has 0 spiro atoms. The van der Waals surface area contributed by atoms with Gasteiger partial charge in [0.1, 0.15) is 0 Å². The Morgan fingerprint density at radius 1 is 1.57 bits per heavy atom. The Morgan fingerprint density at radius 2 is 2.14 bits per heavy atom. The molecule has 0 aliphatic rings. The van der Waals surface area contributed by atoms with Gasteiger partial charge in [-0.2, -0.15) is 0 Å². The van der Waals surface area contributed by atoms with Crippen molar-refractivity contribution in [3.63, 3.8) is 0 Å². The number of nitrogens with zero attached hydrogens (tertiary/aromatic N) is 1. The average molecular weight is 316 g/mol. The van der Waals surface area contributed by atoms with Gasteiger partial charge < -0.3 is 4.98 Å². The highest BCUT2D eigenvalue weighted by molar-refractivity contribution is 14.1. The van der Waals surface area contributed by atoms with Gasteiger partial charge in [0, 0.05) is 6.07 Å². The summed E-state index contributed by atoms with van der Waals surface area (Å²) in [7, 11) is 0. The van der Waals surface area contributed by atoms with Gasteiger partial charge in [-0.15, -0.1) is 0 Å². The topological polar surface area (TPSA) is 76.0 Å². The Hall–Kier alpha value is -1.06. The monoisotopic (exact) mass is 316 g/mol. The van der Waals surface area contributed by atoms with Gasteiger partial charge in [-0.1, -0.05) is 0 Å². The second-order valence-corrected chi connectivity index (χ2v) is 3.39. The van der Waals surface area contributed by atoms with Gasteiger partial charge in [0.2, 0.25) is 0 Å². The van der Waals surface area contributed by atoms with Crippen molar-refractivity contribution in [2.24, 2.45) is 0 Å². The van der Waals surface area contributed by atoms with Gasteiger partial charge in [0.15, 0.2) is 3.70 Å². The molecule has 0 aromatic carbocycles. The number of pyridine rings is 1. The zero-order valence-electron chi connectivity index (χ0n) is 6.46. The fourth-order valence-electron chi connectivity index (χ4n) is 0.807. The van der Waals surface area contributed by atoms with E-state index in [0.29, 0.717) is 6.07 Å². The Morgan fingerprint density at radius 3 is 2.57 bits per heavy atom. The molecule has 0 aliphatic heterocycles. The second-order valence-electron chi connectivity index (χ2n) is 2.31. The van der Waals surface area contributed by atoms with Crippen LogP contribution in [0.5, 0.6) is 0 Å². The minimum Gasteiger partial charge on any atom is -0.311 e. The molecule has 0 bridgehead atoms. The Bertz CT molecular complexity index is 432. The maximum atomic E-state index is 12.2. The van der Waals surface area contributed by atoms with Crippen LogP contribution in [-0.2, 0) is 0 Å². The quantitative estimate of drug-likeness (QED) is 0.391. The Labute approximate surface area is 89.4 Å². The van der Waals surface area contributed by atoms with E-state index in [1.807, 2.05) is 4.98 Å². The van der Waals surface area contributed by atoms with Crippen LogP contribution in [0.3, 0.4) is 0 Å². The minimum atomic E-state index is -3.02. The first-order valence-electron chi connectivity index (χ1n) is 3.28. The van der Waals surface area contributed by atoms with E-state index in [9.17, 15) is 23.7 Å². The SMILES string of the molecule is O=c1[nH]c(I)c([N+](=O)[O-])cc1C(F)F. The summed E-state index contributed by atoms with van der Waals surface area (Å²) in [6.45, 7) is 0.